The van der Waals surface area contributed by atoms with Gasteiger partial charge in [-0.15, -0.1) is 0 Å². The van der Waals surface area contributed by atoms with Crippen LogP contribution in [0.5, 0.6) is 5.75 Å². The minimum absolute atomic E-state index is 0.153. The van der Waals surface area contributed by atoms with Crippen LogP contribution in [0, 0.1) is 11.3 Å². The summed E-state index contributed by atoms with van der Waals surface area (Å²) in [6.07, 6.45) is 1.13. The number of ether oxygens (including phenoxy) is 1. The van der Waals surface area contributed by atoms with Crippen LogP contribution in [-0.4, -0.2) is 27.8 Å². The first-order valence-electron chi connectivity index (χ1n) is 6.76. The van der Waals surface area contributed by atoms with Gasteiger partial charge in [0.2, 0.25) is 10.0 Å². The lowest BCUT2D eigenvalue weighted by Crippen LogP contribution is -2.33. The highest BCUT2D eigenvalue weighted by Crippen LogP contribution is 2.20. The number of rotatable bonds is 6. The molecule has 0 aromatic heterocycles. The van der Waals surface area contributed by atoms with E-state index in [4.69, 9.17) is 10.00 Å². The van der Waals surface area contributed by atoms with Crippen molar-refractivity contribution in [1.29, 1.82) is 5.26 Å². The number of anilines is 1. The average molecular weight is 395 g/mol. The Morgan fingerprint density at radius 1 is 1.22 bits per heavy atom. The van der Waals surface area contributed by atoms with Gasteiger partial charge in [0.1, 0.15) is 12.4 Å². The number of hydrogen-bond acceptors (Lipinski definition) is 4. The minimum atomic E-state index is -3.47. The third kappa shape index (κ3) is 4.98. The molecule has 2 aromatic carbocycles. The lowest BCUT2D eigenvalue weighted by Gasteiger charge is -2.22. The Morgan fingerprint density at radius 2 is 1.96 bits per heavy atom. The molecule has 0 spiro atoms. The van der Waals surface area contributed by atoms with Crippen LogP contribution in [0.25, 0.3) is 0 Å². The molecule has 5 nitrogen and oxygen atoms in total. The van der Waals surface area contributed by atoms with Gasteiger partial charge in [0.05, 0.1) is 30.1 Å². The summed E-state index contributed by atoms with van der Waals surface area (Å²) in [6, 6.07) is 15.8. The Balaban J connectivity index is 2.12. The van der Waals surface area contributed by atoms with E-state index in [1.54, 1.807) is 36.4 Å². The lowest BCUT2D eigenvalue weighted by atomic mass is 10.2. The summed E-state index contributed by atoms with van der Waals surface area (Å²) < 4.78 is 31.7. The zero-order valence-electron chi connectivity index (χ0n) is 12.4. The van der Waals surface area contributed by atoms with E-state index in [2.05, 4.69) is 15.9 Å². The van der Waals surface area contributed by atoms with Crippen molar-refractivity contribution in [2.75, 3.05) is 23.7 Å². The van der Waals surface area contributed by atoms with Crippen LogP contribution in [0.2, 0.25) is 0 Å². The third-order valence-corrected chi connectivity index (χ3v) is 4.71. The monoisotopic (exact) mass is 394 g/mol. The zero-order chi connectivity index (χ0) is 16.9. The van der Waals surface area contributed by atoms with Gasteiger partial charge in [0, 0.05) is 4.47 Å². The molecule has 0 saturated carbocycles. The second-order valence-corrected chi connectivity index (χ2v) is 7.63. The summed E-state index contributed by atoms with van der Waals surface area (Å²) in [7, 11) is -3.47. The van der Waals surface area contributed by atoms with E-state index in [1.807, 2.05) is 18.2 Å². The fourth-order valence-electron chi connectivity index (χ4n) is 2.02. The van der Waals surface area contributed by atoms with Gasteiger partial charge in [0.15, 0.2) is 0 Å². The predicted octanol–water partition coefficient (Wildman–Crippen LogP) is 3.17. The molecule has 7 heteroatoms. The molecule has 0 saturated heterocycles. The number of hydrogen-bond donors (Lipinski definition) is 0. The first-order chi connectivity index (χ1) is 10.9. The second kappa shape index (κ2) is 7.49. The number of benzene rings is 2. The molecule has 23 heavy (non-hydrogen) atoms. The van der Waals surface area contributed by atoms with Crippen LogP contribution in [-0.2, 0) is 10.0 Å². The van der Waals surface area contributed by atoms with Crippen LogP contribution in [0.15, 0.2) is 53.0 Å². The second-order valence-electron chi connectivity index (χ2n) is 4.80. The normalized spacial score (nSPS) is 10.8. The summed E-state index contributed by atoms with van der Waals surface area (Å²) in [4.78, 5) is 0. The van der Waals surface area contributed by atoms with Crippen LogP contribution in [0.1, 0.15) is 5.56 Å². The molecular weight excluding hydrogens is 380 g/mol. The molecule has 0 unspecified atom stereocenters. The Hall–Kier alpha value is -2.04. The molecule has 2 aromatic rings. The minimum Gasteiger partial charge on any atom is -0.492 e. The maximum atomic E-state index is 12.0. The maximum absolute atomic E-state index is 12.0. The zero-order valence-corrected chi connectivity index (χ0v) is 14.8. The molecule has 0 aliphatic rings. The lowest BCUT2D eigenvalue weighted by molar-refractivity contribution is 0.328. The quantitative estimate of drug-likeness (QED) is 0.754. The molecule has 0 aliphatic carbocycles. The van der Waals surface area contributed by atoms with Gasteiger partial charge in [-0.1, -0.05) is 28.1 Å². The molecule has 2 rings (SSSR count). The van der Waals surface area contributed by atoms with Gasteiger partial charge in [-0.25, -0.2) is 8.42 Å². The third-order valence-electron chi connectivity index (χ3n) is 3.02. The number of nitrogens with zero attached hydrogens (tertiary/aromatic N) is 2. The SMILES string of the molecule is CS(=O)(=O)N(CCOc1cccc(Br)c1)c1cccc(C#N)c1. The molecule has 0 fully saturated rings. The molecule has 0 bridgehead atoms. The Bertz CT molecular complexity index is 831. The number of nitriles is 1. The van der Waals surface area contributed by atoms with Crippen molar-refractivity contribution in [2.45, 2.75) is 0 Å². The van der Waals surface area contributed by atoms with Gasteiger partial charge in [-0.05, 0) is 36.4 Å². The molecule has 120 valence electrons. The van der Waals surface area contributed by atoms with E-state index < -0.39 is 10.0 Å². The standard InChI is InChI=1S/C16H15BrN2O3S/c1-23(20,21)19(15-6-2-4-13(10-15)12-18)8-9-22-16-7-3-5-14(17)11-16/h2-7,10-11H,8-9H2,1H3. The summed E-state index contributed by atoms with van der Waals surface area (Å²) in [6.45, 7) is 0.348. The first-order valence-corrected chi connectivity index (χ1v) is 9.40. The van der Waals surface area contributed by atoms with Crippen molar-refractivity contribution >= 4 is 31.6 Å². The van der Waals surface area contributed by atoms with Crippen LogP contribution in [0.3, 0.4) is 0 Å². The average Bonchev–Trinajstić information content (AvgIpc) is 2.50. The van der Waals surface area contributed by atoms with Crippen molar-refractivity contribution in [3.63, 3.8) is 0 Å². The van der Waals surface area contributed by atoms with Gasteiger partial charge in [-0.2, -0.15) is 5.26 Å². The van der Waals surface area contributed by atoms with Crippen molar-refractivity contribution in [3.05, 3.63) is 58.6 Å². The van der Waals surface area contributed by atoms with Crippen LogP contribution >= 0.6 is 15.9 Å². The Kier molecular flexibility index (Phi) is 5.64. The highest BCUT2D eigenvalue weighted by Gasteiger charge is 2.17. The van der Waals surface area contributed by atoms with Crippen molar-refractivity contribution < 1.29 is 13.2 Å². The maximum Gasteiger partial charge on any atom is 0.232 e. The molecule has 0 amide bonds. The summed E-state index contributed by atoms with van der Waals surface area (Å²) in [5, 5.41) is 8.95. The predicted molar refractivity (Wildman–Crippen MR) is 93.0 cm³/mol. The Morgan fingerprint density at radius 3 is 2.61 bits per heavy atom. The van der Waals surface area contributed by atoms with E-state index in [0.717, 1.165) is 10.7 Å². The Labute approximate surface area is 144 Å². The van der Waals surface area contributed by atoms with E-state index in [-0.39, 0.29) is 13.2 Å². The van der Waals surface area contributed by atoms with E-state index in [9.17, 15) is 8.42 Å². The topological polar surface area (TPSA) is 70.4 Å². The van der Waals surface area contributed by atoms with Crippen LogP contribution < -0.4 is 9.04 Å². The number of sulfonamides is 1. The van der Waals surface area contributed by atoms with Gasteiger partial charge in [0.25, 0.3) is 0 Å². The van der Waals surface area contributed by atoms with Gasteiger partial charge < -0.3 is 4.74 Å². The smallest absolute Gasteiger partial charge is 0.232 e. The summed E-state index contributed by atoms with van der Waals surface area (Å²) >= 11 is 3.35. The number of halogens is 1. The molecule has 0 radical (unpaired) electrons. The largest absolute Gasteiger partial charge is 0.492 e. The van der Waals surface area contributed by atoms with Crippen molar-refractivity contribution in [1.82, 2.24) is 0 Å². The van der Waals surface area contributed by atoms with Crippen molar-refractivity contribution in [3.8, 4) is 11.8 Å². The van der Waals surface area contributed by atoms with Crippen LogP contribution in [0.4, 0.5) is 5.69 Å². The molecule has 0 N–H and O–H groups in total. The molecular formula is C16H15BrN2O3S. The van der Waals surface area contributed by atoms with E-state index in [1.165, 1.54) is 4.31 Å². The van der Waals surface area contributed by atoms with E-state index >= 15 is 0 Å². The summed E-state index contributed by atoms with van der Waals surface area (Å²) in [5.41, 5.74) is 0.855. The van der Waals surface area contributed by atoms with E-state index in [0.29, 0.717) is 17.0 Å². The summed E-state index contributed by atoms with van der Waals surface area (Å²) in [5.74, 6) is 0.651. The first kappa shape index (κ1) is 17.3. The molecule has 0 aliphatic heterocycles. The highest BCUT2D eigenvalue weighted by molar-refractivity contribution is 9.10. The van der Waals surface area contributed by atoms with Gasteiger partial charge >= 0.3 is 0 Å². The fraction of sp³-hybridized carbons (Fsp3) is 0.188. The van der Waals surface area contributed by atoms with Gasteiger partial charge in [-0.3, -0.25) is 4.31 Å². The van der Waals surface area contributed by atoms with Crippen molar-refractivity contribution in [2.24, 2.45) is 0 Å². The highest BCUT2D eigenvalue weighted by atomic mass is 79.9. The molecule has 0 atom stereocenters. The fourth-order valence-corrected chi connectivity index (χ4v) is 3.30. The molecule has 0 heterocycles.